The number of aryl methyl sites for hydroxylation is 1. The number of nitrogens with zero attached hydrogens (tertiary/aromatic N) is 1. The molecule has 2 nitrogen and oxygen atoms in total. The third-order valence-corrected chi connectivity index (χ3v) is 4.14. The lowest BCUT2D eigenvalue weighted by Crippen LogP contribution is -2.36. The lowest BCUT2D eigenvalue weighted by molar-refractivity contribution is 0.0887. The van der Waals surface area contributed by atoms with Gasteiger partial charge in [0, 0.05) is 6.54 Å². The molecule has 2 heteroatoms. The van der Waals surface area contributed by atoms with Crippen LogP contribution in [0, 0.1) is 12.8 Å². The molecule has 0 amide bonds. The SMILES string of the molecule is CCC1CCN(CC(O)c2cccc(C)c2)CC1. The predicted molar refractivity (Wildman–Crippen MR) is 75.6 cm³/mol. The van der Waals surface area contributed by atoms with Crippen molar-refractivity contribution in [2.45, 2.75) is 39.2 Å². The standard InChI is InChI=1S/C16H25NO/c1-3-14-7-9-17(10-8-14)12-16(18)15-6-4-5-13(2)11-15/h4-6,11,14,16,18H,3,7-10,12H2,1-2H3. The summed E-state index contributed by atoms with van der Waals surface area (Å²) in [6, 6.07) is 8.21. The van der Waals surface area contributed by atoms with Crippen molar-refractivity contribution in [1.82, 2.24) is 4.90 Å². The largest absolute Gasteiger partial charge is 0.387 e. The molecule has 1 atom stereocenters. The van der Waals surface area contributed by atoms with Gasteiger partial charge in [-0.2, -0.15) is 0 Å². The summed E-state index contributed by atoms with van der Waals surface area (Å²) < 4.78 is 0. The van der Waals surface area contributed by atoms with Gasteiger partial charge in [0.05, 0.1) is 6.10 Å². The highest BCUT2D eigenvalue weighted by Crippen LogP contribution is 2.22. The van der Waals surface area contributed by atoms with Crippen LogP contribution >= 0.6 is 0 Å². The molecule has 1 heterocycles. The second-order valence-electron chi connectivity index (χ2n) is 5.58. The average molecular weight is 247 g/mol. The van der Waals surface area contributed by atoms with Gasteiger partial charge >= 0.3 is 0 Å². The number of β-amino-alcohol motifs (C(OH)–C–C–N with tert-alkyl or cyclic N) is 1. The molecule has 1 saturated heterocycles. The molecular weight excluding hydrogens is 222 g/mol. The Hall–Kier alpha value is -0.860. The first kappa shape index (κ1) is 13.6. The molecule has 1 unspecified atom stereocenters. The Kier molecular flexibility index (Phi) is 4.79. The number of aliphatic hydroxyl groups is 1. The van der Waals surface area contributed by atoms with Gasteiger partial charge in [-0.15, -0.1) is 0 Å². The molecule has 0 aromatic heterocycles. The van der Waals surface area contributed by atoms with E-state index in [1.165, 1.54) is 24.8 Å². The quantitative estimate of drug-likeness (QED) is 0.883. The van der Waals surface area contributed by atoms with Crippen molar-refractivity contribution in [3.63, 3.8) is 0 Å². The van der Waals surface area contributed by atoms with E-state index in [0.29, 0.717) is 0 Å². The number of aliphatic hydroxyl groups excluding tert-OH is 1. The Bertz CT molecular complexity index is 369. The van der Waals surface area contributed by atoms with E-state index in [0.717, 1.165) is 31.1 Å². The smallest absolute Gasteiger partial charge is 0.0917 e. The minimum absolute atomic E-state index is 0.344. The fourth-order valence-corrected chi connectivity index (χ4v) is 2.80. The number of benzene rings is 1. The van der Waals surface area contributed by atoms with Crippen LogP contribution in [-0.4, -0.2) is 29.6 Å². The summed E-state index contributed by atoms with van der Waals surface area (Å²) in [6.45, 7) is 7.41. The van der Waals surface area contributed by atoms with Crippen LogP contribution in [0.3, 0.4) is 0 Å². The number of hydrogen-bond acceptors (Lipinski definition) is 2. The Morgan fingerprint density at radius 1 is 1.33 bits per heavy atom. The van der Waals surface area contributed by atoms with Gasteiger partial charge in [0.2, 0.25) is 0 Å². The van der Waals surface area contributed by atoms with Gasteiger partial charge in [-0.1, -0.05) is 43.2 Å². The van der Waals surface area contributed by atoms with E-state index in [1.54, 1.807) is 0 Å². The third kappa shape index (κ3) is 3.56. The minimum atomic E-state index is -0.344. The van der Waals surface area contributed by atoms with Crippen LogP contribution in [0.5, 0.6) is 0 Å². The van der Waals surface area contributed by atoms with Crippen LogP contribution in [-0.2, 0) is 0 Å². The maximum atomic E-state index is 10.3. The van der Waals surface area contributed by atoms with Crippen molar-refractivity contribution < 1.29 is 5.11 Å². The van der Waals surface area contributed by atoms with Crippen LogP contribution < -0.4 is 0 Å². The summed E-state index contributed by atoms with van der Waals surface area (Å²) in [4.78, 5) is 2.40. The number of rotatable bonds is 4. The summed E-state index contributed by atoms with van der Waals surface area (Å²) in [6.07, 6.45) is 3.53. The van der Waals surface area contributed by atoms with E-state index in [-0.39, 0.29) is 6.10 Å². The van der Waals surface area contributed by atoms with Gasteiger partial charge in [-0.25, -0.2) is 0 Å². The molecule has 2 rings (SSSR count). The summed E-state index contributed by atoms with van der Waals surface area (Å²) in [5, 5.41) is 10.3. The molecule has 1 fully saturated rings. The van der Waals surface area contributed by atoms with Crippen molar-refractivity contribution in [2.24, 2.45) is 5.92 Å². The maximum Gasteiger partial charge on any atom is 0.0917 e. The van der Waals surface area contributed by atoms with Crippen LogP contribution in [0.1, 0.15) is 43.4 Å². The van der Waals surface area contributed by atoms with Crippen LogP contribution in [0.4, 0.5) is 0 Å². The molecule has 0 spiro atoms. The summed E-state index contributed by atoms with van der Waals surface area (Å²) in [7, 11) is 0. The van der Waals surface area contributed by atoms with E-state index in [9.17, 15) is 5.11 Å². The Morgan fingerprint density at radius 3 is 2.67 bits per heavy atom. The molecule has 1 aromatic carbocycles. The monoisotopic (exact) mass is 247 g/mol. The highest BCUT2D eigenvalue weighted by Gasteiger charge is 2.20. The molecule has 1 aliphatic rings. The van der Waals surface area contributed by atoms with Gasteiger partial charge in [-0.3, -0.25) is 0 Å². The normalized spacial score (nSPS) is 19.9. The lowest BCUT2D eigenvalue weighted by Gasteiger charge is -2.32. The van der Waals surface area contributed by atoms with E-state index in [2.05, 4.69) is 30.9 Å². The molecule has 0 aliphatic carbocycles. The fourth-order valence-electron chi connectivity index (χ4n) is 2.80. The van der Waals surface area contributed by atoms with Gasteiger partial charge in [0.25, 0.3) is 0 Å². The highest BCUT2D eigenvalue weighted by molar-refractivity contribution is 5.24. The summed E-state index contributed by atoms with van der Waals surface area (Å²) in [5.74, 6) is 0.900. The minimum Gasteiger partial charge on any atom is -0.387 e. The van der Waals surface area contributed by atoms with Crippen molar-refractivity contribution in [3.05, 3.63) is 35.4 Å². The number of hydrogen-bond donors (Lipinski definition) is 1. The van der Waals surface area contributed by atoms with Crippen LogP contribution in [0.2, 0.25) is 0 Å². The van der Waals surface area contributed by atoms with Gasteiger partial charge in [0.15, 0.2) is 0 Å². The molecule has 18 heavy (non-hydrogen) atoms. The molecule has 1 aromatic rings. The molecule has 1 N–H and O–H groups in total. The molecular formula is C16H25NO. The van der Waals surface area contributed by atoms with Gasteiger partial charge in [0.1, 0.15) is 0 Å². The first-order valence-corrected chi connectivity index (χ1v) is 7.16. The summed E-state index contributed by atoms with van der Waals surface area (Å²) in [5.41, 5.74) is 2.27. The molecule has 100 valence electrons. The van der Waals surface area contributed by atoms with Crippen molar-refractivity contribution in [2.75, 3.05) is 19.6 Å². The van der Waals surface area contributed by atoms with Crippen LogP contribution in [0.25, 0.3) is 0 Å². The maximum absolute atomic E-state index is 10.3. The molecule has 1 aliphatic heterocycles. The van der Waals surface area contributed by atoms with Crippen molar-refractivity contribution >= 4 is 0 Å². The van der Waals surface area contributed by atoms with E-state index < -0.39 is 0 Å². The van der Waals surface area contributed by atoms with Crippen LogP contribution in [0.15, 0.2) is 24.3 Å². The number of likely N-dealkylation sites (tertiary alicyclic amines) is 1. The Labute approximate surface area is 111 Å². The zero-order valence-corrected chi connectivity index (χ0v) is 11.6. The third-order valence-electron chi connectivity index (χ3n) is 4.14. The summed E-state index contributed by atoms with van der Waals surface area (Å²) >= 11 is 0. The molecule has 0 saturated carbocycles. The first-order valence-electron chi connectivity index (χ1n) is 7.16. The highest BCUT2D eigenvalue weighted by atomic mass is 16.3. The van der Waals surface area contributed by atoms with Crippen molar-refractivity contribution in [1.29, 1.82) is 0 Å². The zero-order chi connectivity index (χ0) is 13.0. The Balaban J connectivity index is 1.86. The molecule has 0 radical (unpaired) electrons. The predicted octanol–water partition coefficient (Wildman–Crippen LogP) is 3.15. The second kappa shape index (κ2) is 6.35. The van der Waals surface area contributed by atoms with Gasteiger partial charge < -0.3 is 10.0 Å². The van der Waals surface area contributed by atoms with E-state index >= 15 is 0 Å². The van der Waals surface area contributed by atoms with E-state index in [4.69, 9.17) is 0 Å². The Morgan fingerprint density at radius 2 is 2.06 bits per heavy atom. The lowest BCUT2D eigenvalue weighted by atomic mass is 9.94. The zero-order valence-electron chi connectivity index (χ0n) is 11.6. The van der Waals surface area contributed by atoms with E-state index in [1.807, 2.05) is 12.1 Å². The topological polar surface area (TPSA) is 23.5 Å². The fraction of sp³-hybridized carbons (Fsp3) is 0.625. The average Bonchev–Trinajstić information content (AvgIpc) is 2.39. The first-order chi connectivity index (χ1) is 8.69. The second-order valence-corrected chi connectivity index (χ2v) is 5.58. The van der Waals surface area contributed by atoms with Gasteiger partial charge in [-0.05, 0) is 44.3 Å². The van der Waals surface area contributed by atoms with Crippen molar-refractivity contribution in [3.8, 4) is 0 Å². The molecule has 0 bridgehead atoms. The number of piperidine rings is 1.